The molecule has 0 spiro atoms. The third kappa shape index (κ3) is 13.7. The first-order valence-corrected chi connectivity index (χ1v) is 41.9. The predicted molar refractivity (Wildman–Crippen MR) is 486 cm³/mol. The van der Waals surface area contributed by atoms with E-state index in [1.54, 1.807) is 11.1 Å². The summed E-state index contributed by atoms with van der Waals surface area (Å²) in [6.45, 7) is 6.82. The van der Waals surface area contributed by atoms with Gasteiger partial charge in [0, 0.05) is 0 Å². The highest BCUT2D eigenvalue weighted by atomic mass is 14.3. The van der Waals surface area contributed by atoms with Crippen molar-refractivity contribution in [2.75, 3.05) is 0 Å². The lowest BCUT2D eigenvalue weighted by Crippen LogP contribution is -2.10. The summed E-state index contributed by atoms with van der Waals surface area (Å²) in [5, 5.41) is 23.7. The molecule has 3 aliphatic carbocycles. The lowest BCUT2D eigenvalue weighted by Gasteiger charge is -2.27. The van der Waals surface area contributed by atoms with Crippen molar-refractivity contribution in [2.45, 2.75) is 140 Å². The van der Waals surface area contributed by atoms with Gasteiger partial charge >= 0.3 is 0 Å². The van der Waals surface area contributed by atoms with Crippen molar-refractivity contribution < 1.29 is 0 Å². The highest BCUT2D eigenvalue weighted by Gasteiger charge is 2.26. The van der Waals surface area contributed by atoms with Crippen LogP contribution in [-0.4, -0.2) is 0 Å². The smallest absolute Gasteiger partial charge is 0.00262 e. The quantitative estimate of drug-likeness (QED) is 0.126. The highest BCUT2D eigenvalue weighted by molar-refractivity contribution is 6.25. The monoisotopic (exact) mass is 1440 g/mol. The summed E-state index contributed by atoms with van der Waals surface area (Å²) >= 11 is 0. The standard InChI is InChI=1S/C42H40.C36H30.C34H28/c1-3-13-29(14-4-1)34-26-35(30-15-5-2-6-16-30)28-36(27-34)42-39-21-11-9-19-37(39)41(38-20-10-12-22-40(38)42)33-24-23-31-17-7-8-18-32(31)25-33;1-2-11-25(12-3-1)28-15-10-16-29(23-28)35-31-17-6-8-19-33(31)36(34-20-9-7-18-32(34)35)30-22-21-26-13-4-5-14-27(26)24-30;1-34(2,3)27-20-19-24-21-26(18-17-25(24)22-27)33-30-15-9-7-13-28(30)32(23-11-5-4-6-12-23)29-14-8-10-16-31(29)33/h7-12,17-30H,1-6,13-16H2;4-10,13-25H,1-3,11-12H2;4-22H,1-3H3. The Morgan fingerprint density at radius 1 is 0.179 bits per heavy atom. The first-order chi connectivity index (χ1) is 55.2. The second-order valence-electron chi connectivity index (χ2n) is 33.6. The van der Waals surface area contributed by atoms with E-state index < -0.39 is 0 Å². The highest BCUT2D eigenvalue weighted by Crippen LogP contribution is 2.50. The van der Waals surface area contributed by atoms with E-state index in [0.717, 1.165) is 0 Å². The number of fused-ring (bicyclic) bond motifs is 9. The van der Waals surface area contributed by atoms with E-state index >= 15 is 0 Å². The van der Waals surface area contributed by atoms with Crippen molar-refractivity contribution in [3.63, 3.8) is 0 Å². The van der Waals surface area contributed by atoms with Gasteiger partial charge < -0.3 is 0 Å². The molecule has 0 saturated heterocycles. The summed E-state index contributed by atoms with van der Waals surface area (Å²) in [4.78, 5) is 0. The SMILES string of the molecule is CC(C)(C)c1ccc2cc(-c3c4ccccc4c(-c4ccccc4)c4ccccc34)ccc2c1.c1cc(-c2c3ccccc3c(-c3ccc4ccccc4c3)c3ccccc23)cc(C2CCCCC2)c1.c1ccc2cc(-c3c4ccccc4c(-c4cc(C5CCCCC5)cc(C5CCCCC5)c4)c4ccccc34)ccc2c1. The fraction of sp³-hybridized carbons (Fsp3) is 0.196. The Kier molecular flexibility index (Phi) is 19.5. The lowest BCUT2D eigenvalue weighted by atomic mass is 9.77. The second kappa shape index (κ2) is 30.9. The van der Waals surface area contributed by atoms with E-state index in [4.69, 9.17) is 0 Å². The normalized spacial score (nSPS) is 14.6. The molecule has 0 atom stereocenters. The molecular weight excluding hydrogens is 1350 g/mol. The van der Waals surface area contributed by atoms with E-state index in [1.807, 2.05) is 0 Å². The average molecular weight is 1440 g/mol. The van der Waals surface area contributed by atoms with E-state index in [9.17, 15) is 0 Å². The molecule has 112 heavy (non-hydrogen) atoms. The summed E-state index contributed by atoms with van der Waals surface area (Å²) in [7, 11) is 0. The molecular formula is C112H98. The van der Waals surface area contributed by atoms with Gasteiger partial charge in [0.25, 0.3) is 0 Å². The second-order valence-corrected chi connectivity index (χ2v) is 33.6. The van der Waals surface area contributed by atoms with Gasteiger partial charge in [-0.15, -0.1) is 0 Å². The summed E-state index contributed by atoms with van der Waals surface area (Å²) in [6.07, 6.45) is 20.4. The molecule has 0 aromatic heterocycles. The number of rotatable bonds is 9. The van der Waals surface area contributed by atoms with Gasteiger partial charge in [-0.25, -0.2) is 0 Å². The molecule has 0 unspecified atom stereocenters. The number of hydrogen-bond donors (Lipinski definition) is 0. The average Bonchev–Trinajstić information content (AvgIpc) is 0.740. The van der Waals surface area contributed by atoms with Crippen LogP contribution in [0.4, 0.5) is 0 Å². The molecule has 0 amide bonds. The molecule has 0 nitrogen and oxygen atoms in total. The zero-order valence-corrected chi connectivity index (χ0v) is 65.2. The van der Waals surface area contributed by atoms with Crippen LogP contribution in [0.25, 0.3) is 164 Å². The molecule has 3 aliphatic rings. The van der Waals surface area contributed by atoms with Gasteiger partial charge in [-0.05, 0) is 266 Å². The van der Waals surface area contributed by atoms with Crippen LogP contribution in [-0.2, 0) is 5.41 Å². The van der Waals surface area contributed by atoms with Crippen molar-refractivity contribution in [1.29, 1.82) is 0 Å². The van der Waals surface area contributed by atoms with E-state index in [2.05, 4.69) is 360 Å². The van der Waals surface area contributed by atoms with Crippen LogP contribution in [0.2, 0.25) is 0 Å². The van der Waals surface area contributed by atoms with Gasteiger partial charge in [0.2, 0.25) is 0 Å². The maximum atomic E-state index is 2.63. The Bertz CT molecular complexity index is 6330. The molecule has 0 heteroatoms. The van der Waals surface area contributed by atoms with Crippen molar-refractivity contribution >= 4 is 97.0 Å². The molecule has 0 heterocycles. The first kappa shape index (κ1) is 70.7. The largest absolute Gasteiger partial charge is 0.0622 e. The zero-order chi connectivity index (χ0) is 75.1. The molecule has 18 aromatic carbocycles. The Morgan fingerprint density at radius 3 is 0.804 bits per heavy atom. The van der Waals surface area contributed by atoms with E-state index in [1.165, 1.54) is 271 Å². The molecule has 0 N–H and O–H groups in total. The lowest BCUT2D eigenvalue weighted by molar-refractivity contribution is 0.435. The van der Waals surface area contributed by atoms with Crippen LogP contribution in [0.3, 0.4) is 0 Å². The predicted octanol–water partition coefficient (Wildman–Crippen LogP) is 32.9. The third-order valence-corrected chi connectivity index (χ3v) is 25.6. The van der Waals surface area contributed by atoms with Gasteiger partial charge in [0.15, 0.2) is 0 Å². The summed E-state index contributed by atoms with van der Waals surface area (Å²) < 4.78 is 0. The minimum absolute atomic E-state index is 0.145. The maximum Gasteiger partial charge on any atom is -0.00262 e. The first-order valence-electron chi connectivity index (χ1n) is 41.9. The fourth-order valence-corrected chi connectivity index (χ4v) is 20.0. The van der Waals surface area contributed by atoms with Gasteiger partial charge in [0.05, 0.1) is 0 Å². The van der Waals surface area contributed by atoms with Gasteiger partial charge in [0.1, 0.15) is 0 Å². The molecule has 18 aromatic rings. The van der Waals surface area contributed by atoms with Crippen molar-refractivity contribution in [3.8, 4) is 66.8 Å². The van der Waals surface area contributed by atoms with Crippen LogP contribution >= 0.6 is 0 Å². The maximum absolute atomic E-state index is 2.63. The Morgan fingerprint density at radius 2 is 0.438 bits per heavy atom. The zero-order valence-electron chi connectivity index (χ0n) is 65.2. The fourth-order valence-electron chi connectivity index (χ4n) is 20.0. The van der Waals surface area contributed by atoms with Gasteiger partial charge in [-0.2, -0.15) is 0 Å². The van der Waals surface area contributed by atoms with Gasteiger partial charge in [-0.1, -0.05) is 400 Å². The minimum atomic E-state index is 0.145. The topological polar surface area (TPSA) is 0 Å². The van der Waals surface area contributed by atoms with Crippen molar-refractivity contribution in [3.05, 3.63) is 362 Å². The summed E-state index contributed by atoms with van der Waals surface area (Å²) in [5.74, 6) is 2.11. The molecule has 546 valence electrons. The van der Waals surface area contributed by atoms with Gasteiger partial charge in [-0.3, -0.25) is 0 Å². The number of benzene rings is 18. The van der Waals surface area contributed by atoms with E-state index in [0.29, 0.717) is 17.8 Å². The molecule has 3 saturated carbocycles. The van der Waals surface area contributed by atoms with Crippen LogP contribution in [0.5, 0.6) is 0 Å². The van der Waals surface area contributed by atoms with Crippen molar-refractivity contribution in [1.82, 2.24) is 0 Å². The minimum Gasteiger partial charge on any atom is -0.0622 e. The molecule has 0 bridgehead atoms. The van der Waals surface area contributed by atoms with Crippen molar-refractivity contribution in [2.24, 2.45) is 0 Å². The van der Waals surface area contributed by atoms with Crippen LogP contribution in [0, 0.1) is 0 Å². The van der Waals surface area contributed by atoms with Crippen LogP contribution < -0.4 is 0 Å². The van der Waals surface area contributed by atoms with Crippen LogP contribution in [0.1, 0.15) is 157 Å². The molecule has 21 rings (SSSR count). The number of hydrogen-bond acceptors (Lipinski definition) is 0. The summed E-state index contributed by atoms with van der Waals surface area (Å²) in [6, 6.07) is 127. The van der Waals surface area contributed by atoms with E-state index in [-0.39, 0.29) is 5.41 Å². The third-order valence-electron chi connectivity index (χ3n) is 25.6. The van der Waals surface area contributed by atoms with Crippen LogP contribution in [0.15, 0.2) is 340 Å². The Hall–Kier alpha value is -11.7. The molecule has 0 aliphatic heterocycles. The Labute approximate surface area is 661 Å². The molecule has 0 radical (unpaired) electrons. The Balaban J connectivity index is 0.000000114. The summed E-state index contributed by atoms with van der Waals surface area (Å²) in [5.41, 5.74) is 22.2. The molecule has 3 fully saturated rings.